The first kappa shape index (κ1) is 15.8. The molecule has 1 aromatic carbocycles. The number of benzene rings is 1. The SMILES string of the molecule is CCCNC(CN1CCc2ccc(F)cc21)C(=O)OCC. The van der Waals surface area contributed by atoms with Crippen LogP contribution in [0.4, 0.5) is 10.1 Å². The lowest BCUT2D eigenvalue weighted by atomic mass is 10.1. The maximum atomic E-state index is 13.4. The highest BCUT2D eigenvalue weighted by Crippen LogP contribution is 2.28. The number of esters is 1. The van der Waals surface area contributed by atoms with Crippen LogP contribution in [0.15, 0.2) is 18.2 Å². The van der Waals surface area contributed by atoms with Crippen LogP contribution in [0.3, 0.4) is 0 Å². The molecule has 0 aliphatic carbocycles. The van der Waals surface area contributed by atoms with Crippen LogP contribution in [0.1, 0.15) is 25.8 Å². The standard InChI is InChI=1S/C16H23FN2O2/c1-3-8-18-14(16(20)21-4-2)11-19-9-7-12-5-6-13(17)10-15(12)19/h5-6,10,14,18H,3-4,7-9,11H2,1-2H3. The summed E-state index contributed by atoms with van der Waals surface area (Å²) in [4.78, 5) is 14.1. The molecule has 1 aromatic rings. The van der Waals surface area contributed by atoms with Crippen LogP contribution >= 0.6 is 0 Å². The Bertz CT molecular complexity index is 493. The van der Waals surface area contributed by atoms with Gasteiger partial charge in [-0.05, 0) is 44.0 Å². The fraction of sp³-hybridized carbons (Fsp3) is 0.562. The summed E-state index contributed by atoms with van der Waals surface area (Å²) in [6, 6.07) is 4.48. The molecule has 0 aromatic heterocycles. The topological polar surface area (TPSA) is 41.6 Å². The highest BCUT2D eigenvalue weighted by molar-refractivity contribution is 5.77. The molecule has 1 unspecified atom stereocenters. The average molecular weight is 294 g/mol. The number of carbonyl (C=O) groups excluding carboxylic acids is 1. The van der Waals surface area contributed by atoms with E-state index >= 15 is 0 Å². The molecule has 1 atom stereocenters. The summed E-state index contributed by atoms with van der Waals surface area (Å²) >= 11 is 0. The average Bonchev–Trinajstić information content (AvgIpc) is 2.86. The van der Waals surface area contributed by atoms with E-state index in [1.54, 1.807) is 13.0 Å². The van der Waals surface area contributed by atoms with E-state index in [0.717, 1.165) is 37.2 Å². The fourth-order valence-corrected chi connectivity index (χ4v) is 2.61. The van der Waals surface area contributed by atoms with Crippen molar-refractivity contribution < 1.29 is 13.9 Å². The Hall–Kier alpha value is -1.62. The molecule has 1 N–H and O–H groups in total. The van der Waals surface area contributed by atoms with E-state index in [9.17, 15) is 9.18 Å². The quantitative estimate of drug-likeness (QED) is 0.782. The summed E-state index contributed by atoms with van der Waals surface area (Å²) in [7, 11) is 0. The van der Waals surface area contributed by atoms with Gasteiger partial charge in [-0.1, -0.05) is 13.0 Å². The monoisotopic (exact) mass is 294 g/mol. The summed E-state index contributed by atoms with van der Waals surface area (Å²) < 4.78 is 18.5. The molecule has 21 heavy (non-hydrogen) atoms. The highest BCUT2D eigenvalue weighted by Gasteiger charge is 2.26. The van der Waals surface area contributed by atoms with Crippen molar-refractivity contribution in [1.29, 1.82) is 0 Å². The van der Waals surface area contributed by atoms with Gasteiger partial charge in [-0.15, -0.1) is 0 Å². The van der Waals surface area contributed by atoms with Crippen molar-refractivity contribution in [2.75, 3.05) is 31.1 Å². The lowest BCUT2D eigenvalue weighted by molar-refractivity contribution is -0.145. The van der Waals surface area contributed by atoms with E-state index in [1.165, 1.54) is 6.07 Å². The van der Waals surface area contributed by atoms with Crippen molar-refractivity contribution in [1.82, 2.24) is 5.32 Å². The lowest BCUT2D eigenvalue weighted by Gasteiger charge is -2.25. The minimum absolute atomic E-state index is 0.240. The van der Waals surface area contributed by atoms with E-state index in [1.807, 2.05) is 6.07 Å². The molecule has 0 saturated heterocycles. The first-order valence-electron chi connectivity index (χ1n) is 7.59. The Labute approximate surface area is 125 Å². The molecule has 1 heterocycles. The third kappa shape index (κ3) is 3.94. The summed E-state index contributed by atoms with van der Waals surface area (Å²) in [5, 5.41) is 3.22. The summed E-state index contributed by atoms with van der Waals surface area (Å²) in [6.07, 6.45) is 1.83. The number of rotatable bonds is 7. The number of fused-ring (bicyclic) bond motifs is 1. The van der Waals surface area contributed by atoms with Crippen molar-refractivity contribution in [2.45, 2.75) is 32.7 Å². The van der Waals surface area contributed by atoms with Crippen LogP contribution in [0, 0.1) is 5.82 Å². The second-order valence-corrected chi connectivity index (χ2v) is 5.23. The van der Waals surface area contributed by atoms with Gasteiger partial charge in [-0.2, -0.15) is 0 Å². The summed E-state index contributed by atoms with van der Waals surface area (Å²) in [5.41, 5.74) is 2.03. The Morgan fingerprint density at radius 3 is 3.00 bits per heavy atom. The number of hydrogen-bond acceptors (Lipinski definition) is 4. The third-order valence-electron chi connectivity index (χ3n) is 3.65. The van der Waals surface area contributed by atoms with Crippen molar-refractivity contribution >= 4 is 11.7 Å². The van der Waals surface area contributed by atoms with Gasteiger partial charge in [0.15, 0.2) is 0 Å². The molecule has 1 aliphatic rings. The summed E-state index contributed by atoms with van der Waals surface area (Å²) in [5.74, 6) is -0.481. The zero-order valence-corrected chi connectivity index (χ0v) is 12.7. The van der Waals surface area contributed by atoms with E-state index < -0.39 is 0 Å². The molecule has 0 bridgehead atoms. The van der Waals surface area contributed by atoms with Gasteiger partial charge in [-0.3, -0.25) is 4.79 Å². The van der Waals surface area contributed by atoms with Crippen molar-refractivity contribution in [2.24, 2.45) is 0 Å². The predicted molar refractivity (Wildman–Crippen MR) is 81.0 cm³/mol. The minimum Gasteiger partial charge on any atom is -0.465 e. The minimum atomic E-state index is -0.376. The van der Waals surface area contributed by atoms with E-state index in [-0.39, 0.29) is 17.8 Å². The van der Waals surface area contributed by atoms with Gasteiger partial charge in [0.05, 0.1) is 6.61 Å². The van der Waals surface area contributed by atoms with Crippen LogP contribution < -0.4 is 10.2 Å². The first-order chi connectivity index (χ1) is 10.2. The number of halogens is 1. The molecular weight excluding hydrogens is 271 g/mol. The zero-order valence-electron chi connectivity index (χ0n) is 12.7. The fourth-order valence-electron chi connectivity index (χ4n) is 2.61. The maximum Gasteiger partial charge on any atom is 0.324 e. The molecule has 2 rings (SSSR count). The van der Waals surface area contributed by atoms with Gasteiger partial charge in [0.2, 0.25) is 0 Å². The molecule has 0 amide bonds. The van der Waals surface area contributed by atoms with Crippen LogP contribution in [0.5, 0.6) is 0 Å². The number of carbonyl (C=O) groups is 1. The molecule has 4 nitrogen and oxygen atoms in total. The largest absolute Gasteiger partial charge is 0.465 e. The molecule has 0 radical (unpaired) electrons. The highest BCUT2D eigenvalue weighted by atomic mass is 19.1. The second-order valence-electron chi connectivity index (χ2n) is 5.23. The smallest absolute Gasteiger partial charge is 0.324 e. The Balaban J connectivity index is 2.07. The van der Waals surface area contributed by atoms with Crippen LogP contribution in [-0.2, 0) is 16.0 Å². The molecule has 1 aliphatic heterocycles. The molecule has 0 fully saturated rings. The molecule has 116 valence electrons. The first-order valence-corrected chi connectivity index (χ1v) is 7.59. The summed E-state index contributed by atoms with van der Waals surface area (Å²) in [6.45, 7) is 6.30. The number of anilines is 1. The second kappa shape index (κ2) is 7.41. The third-order valence-corrected chi connectivity index (χ3v) is 3.65. The van der Waals surface area contributed by atoms with E-state index in [2.05, 4.69) is 17.1 Å². The van der Waals surface area contributed by atoms with Gasteiger partial charge < -0.3 is 15.0 Å². The number of nitrogens with zero attached hydrogens (tertiary/aromatic N) is 1. The molecule has 5 heteroatoms. The van der Waals surface area contributed by atoms with Crippen LogP contribution in [0.2, 0.25) is 0 Å². The normalized spacial score (nSPS) is 14.9. The van der Waals surface area contributed by atoms with Crippen molar-refractivity contribution in [3.8, 4) is 0 Å². The zero-order chi connectivity index (χ0) is 15.2. The van der Waals surface area contributed by atoms with Crippen LogP contribution in [0.25, 0.3) is 0 Å². The number of ether oxygens (including phenoxy) is 1. The lowest BCUT2D eigenvalue weighted by Crippen LogP contribution is -2.47. The van der Waals surface area contributed by atoms with Gasteiger partial charge in [0, 0.05) is 18.8 Å². The van der Waals surface area contributed by atoms with Gasteiger partial charge in [0.25, 0.3) is 0 Å². The van der Waals surface area contributed by atoms with Crippen LogP contribution in [-0.4, -0.2) is 38.3 Å². The van der Waals surface area contributed by atoms with Gasteiger partial charge in [0.1, 0.15) is 11.9 Å². The van der Waals surface area contributed by atoms with Crippen molar-refractivity contribution in [3.05, 3.63) is 29.6 Å². The van der Waals surface area contributed by atoms with Gasteiger partial charge in [-0.25, -0.2) is 4.39 Å². The predicted octanol–water partition coefficient (Wildman–Crippen LogP) is 2.12. The number of hydrogen-bond donors (Lipinski definition) is 1. The van der Waals surface area contributed by atoms with E-state index in [0.29, 0.717) is 13.2 Å². The molecular formula is C16H23FN2O2. The Kier molecular flexibility index (Phi) is 5.56. The Morgan fingerprint density at radius 2 is 2.29 bits per heavy atom. The maximum absolute atomic E-state index is 13.4. The van der Waals surface area contributed by atoms with Crippen molar-refractivity contribution in [3.63, 3.8) is 0 Å². The van der Waals surface area contributed by atoms with Gasteiger partial charge >= 0.3 is 5.97 Å². The molecule has 0 spiro atoms. The Morgan fingerprint density at radius 1 is 1.48 bits per heavy atom. The van der Waals surface area contributed by atoms with E-state index in [4.69, 9.17) is 4.74 Å². The molecule has 0 saturated carbocycles. The number of nitrogens with one attached hydrogen (secondary N) is 1.